The predicted octanol–water partition coefficient (Wildman–Crippen LogP) is 4.30. The van der Waals surface area contributed by atoms with Crippen LogP contribution in [-0.2, 0) is 9.53 Å². The number of hydrogen-bond acceptors (Lipinski definition) is 5. The van der Waals surface area contributed by atoms with Crippen LogP contribution in [0.3, 0.4) is 0 Å². The average Bonchev–Trinajstić information content (AvgIpc) is 2.73. The standard InChI is InChI=1S/C22H18ClN3O3/c1-15-19(13-16-12-17(23)8-9-20(16)25-15)22(28)29-14-21(27)26(11-5-10-24)18-6-3-2-4-7-18/h2-4,6-9,12-13H,5,11,14H2,1H3. The van der Waals surface area contributed by atoms with E-state index in [1.807, 2.05) is 12.1 Å². The summed E-state index contributed by atoms with van der Waals surface area (Å²) < 4.78 is 5.25. The van der Waals surface area contributed by atoms with E-state index >= 15 is 0 Å². The highest BCUT2D eigenvalue weighted by molar-refractivity contribution is 6.31. The zero-order chi connectivity index (χ0) is 20.8. The number of hydrogen-bond donors (Lipinski definition) is 0. The third kappa shape index (κ3) is 4.89. The Morgan fingerprint density at radius 2 is 1.93 bits per heavy atom. The monoisotopic (exact) mass is 407 g/mol. The minimum atomic E-state index is -0.640. The van der Waals surface area contributed by atoms with Gasteiger partial charge in [-0.3, -0.25) is 9.78 Å². The minimum absolute atomic E-state index is 0.170. The number of pyridine rings is 1. The zero-order valence-corrected chi connectivity index (χ0v) is 16.5. The predicted molar refractivity (Wildman–Crippen MR) is 111 cm³/mol. The maximum atomic E-state index is 12.6. The highest BCUT2D eigenvalue weighted by Gasteiger charge is 2.19. The molecule has 0 saturated heterocycles. The van der Waals surface area contributed by atoms with E-state index in [0.29, 0.717) is 27.3 Å². The molecule has 0 aliphatic heterocycles. The molecular weight excluding hydrogens is 390 g/mol. The molecule has 0 bridgehead atoms. The van der Waals surface area contributed by atoms with Crippen LogP contribution in [0.1, 0.15) is 22.5 Å². The van der Waals surface area contributed by atoms with Crippen LogP contribution in [0.2, 0.25) is 5.02 Å². The largest absolute Gasteiger partial charge is 0.452 e. The fourth-order valence-corrected chi connectivity index (χ4v) is 3.08. The molecule has 0 spiro atoms. The number of aryl methyl sites for hydroxylation is 1. The second-order valence-corrected chi connectivity index (χ2v) is 6.76. The Morgan fingerprint density at radius 3 is 2.66 bits per heavy atom. The van der Waals surface area contributed by atoms with Crippen LogP contribution < -0.4 is 4.90 Å². The number of nitrogens with zero attached hydrogens (tertiary/aromatic N) is 3. The van der Waals surface area contributed by atoms with Gasteiger partial charge >= 0.3 is 5.97 Å². The van der Waals surface area contributed by atoms with Gasteiger partial charge in [0.05, 0.1) is 29.3 Å². The van der Waals surface area contributed by atoms with Gasteiger partial charge in [0.2, 0.25) is 0 Å². The first-order valence-corrected chi connectivity index (χ1v) is 9.34. The van der Waals surface area contributed by atoms with Crippen molar-refractivity contribution in [1.82, 2.24) is 4.98 Å². The molecule has 146 valence electrons. The lowest BCUT2D eigenvalue weighted by molar-refractivity contribution is -0.121. The van der Waals surface area contributed by atoms with E-state index in [-0.39, 0.29) is 18.5 Å². The minimum Gasteiger partial charge on any atom is -0.452 e. The van der Waals surface area contributed by atoms with Crippen LogP contribution in [0.15, 0.2) is 54.6 Å². The van der Waals surface area contributed by atoms with Gasteiger partial charge < -0.3 is 9.64 Å². The summed E-state index contributed by atoms with van der Waals surface area (Å²) in [6, 6.07) is 17.8. The highest BCUT2D eigenvalue weighted by atomic mass is 35.5. The molecule has 3 aromatic rings. The maximum Gasteiger partial charge on any atom is 0.340 e. The number of carbonyl (C=O) groups is 2. The number of nitriles is 1. The number of ether oxygens (including phenoxy) is 1. The Hall–Kier alpha value is -3.43. The number of rotatable bonds is 6. The maximum absolute atomic E-state index is 12.6. The van der Waals surface area contributed by atoms with Crippen molar-refractivity contribution in [2.45, 2.75) is 13.3 Å². The Labute approximate surface area is 173 Å². The number of esters is 1. The number of amides is 1. The molecular formula is C22H18ClN3O3. The molecule has 0 saturated carbocycles. The van der Waals surface area contributed by atoms with Crippen molar-refractivity contribution in [3.8, 4) is 6.07 Å². The lowest BCUT2D eigenvalue weighted by Gasteiger charge is -2.21. The molecule has 0 unspecified atom stereocenters. The summed E-state index contributed by atoms with van der Waals surface area (Å²) in [4.78, 5) is 31.0. The van der Waals surface area contributed by atoms with Crippen LogP contribution in [0.25, 0.3) is 10.9 Å². The number of halogens is 1. The second-order valence-electron chi connectivity index (χ2n) is 6.32. The Kier molecular flexibility index (Phi) is 6.43. The Morgan fingerprint density at radius 1 is 1.17 bits per heavy atom. The van der Waals surface area contributed by atoms with Gasteiger partial charge in [-0.05, 0) is 43.3 Å². The SMILES string of the molecule is Cc1nc2ccc(Cl)cc2cc1C(=O)OCC(=O)N(CCC#N)c1ccccc1. The molecule has 2 aromatic carbocycles. The van der Waals surface area contributed by atoms with Crippen LogP contribution in [0, 0.1) is 18.3 Å². The molecule has 7 heteroatoms. The van der Waals surface area contributed by atoms with Gasteiger partial charge in [-0.25, -0.2) is 4.79 Å². The van der Waals surface area contributed by atoms with E-state index in [1.54, 1.807) is 55.5 Å². The van der Waals surface area contributed by atoms with Crippen molar-refractivity contribution in [3.63, 3.8) is 0 Å². The van der Waals surface area contributed by atoms with Crippen LogP contribution in [-0.4, -0.2) is 30.0 Å². The van der Waals surface area contributed by atoms with Crippen molar-refractivity contribution >= 4 is 40.1 Å². The summed E-state index contributed by atoms with van der Waals surface area (Å²) in [6.07, 6.45) is 0.170. The summed E-state index contributed by atoms with van der Waals surface area (Å²) in [5.74, 6) is -1.05. The van der Waals surface area contributed by atoms with E-state index in [4.69, 9.17) is 21.6 Å². The topological polar surface area (TPSA) is 83.3 Å². The Balaban J connectivity index is 1.75. The first kappa shape index (κ1) is 20.3. The molecule has 3 rings (SSSR count). The first-order chi connectivity index (χ1) is 14.0. The zero-order valence-electron chi connectivity index (χ0n) is 15.8. The van der Waals surface area contributed by atoms with E-state index in [2.05, 4.69) is 4.98 Å². The smallest absolute Gasteiger partial charge is 0.340 e. The van der Waals surface area contributed by atoms with Crippen molar-refractivity contribution in [3.05, 3.63) is 70.9 Å². The summed E-state index contributed by atoms with van der Waals surface area (Å²) in [7, 11) is 0. The first-order valence-electron chi connectivity index (χ1n) is 8.96. The number of aromatic nitrogens is 1. The summed E-state index contributed by atoms with van der Waals surface area (Å²) in [6.45, 7) is 1.48. The third-order valence-corrected chi connectivity index (χ3v) is 4.57. The number of carbonyl (C=O) groups excluding carboxylic acids is 2. The van der Waals surface area contributed by atoms with E-state index in [9.17, 15) is 9.59 Å². The van der Waals surface area contributed by atoms with Crippen LogP contribution in [0.5, 0.6) is 0 Å². The molecule has 0 atom stereocenters. The van der Waals surface area contributed by atoms with Crippen molar-refractivity contribution in [2.75, 3.05) is 18.1 Å². The van der Waals surface area contributed by atoms with Crippen LogP contribution >= 0.6 is 11.6 Å². The number of benzene rings is 2. The van der Waals surface area contributed by atoms with E-state index in [0.717, 1.165) is 0 Å². The van der Waals surface area contributed by atoms with Gasteiger partial charge in [0.25, 0.3) is 5.91 Å². The molecule has 0 N–H and O–H groups in total. The van der Waals surface area contributed by atoms with Crippen molar-refractivity contribution in [2.24, 2.45) is 0 Å². The Bertz CT molecular complexity index is 1090. The molecule has 1 heterocycles. The highest BCUT2D eigenvalue weighted by Crippen LogP contribution is 2.21. The van der Waals surface area contributed by atoms with Gasteiger partial charge in [-0.15, -0.1) is 0 Å². The van der Waals surface area contributed by atoms with Gasteiger partial charge in [-0.1, -0.05) is 29.8 Å². The van der Waals surface area contributed by atoms with Gasteiger partial charge in [-0.2, -0.15) is 5.26 Å². The molecule has 1 amide bonds. The molecule has 6 nitrogen and oxygen atoms in total. The normalized spacial score (nSPS) is 10.4. The fourth-order valence-electron chi connectivity index (χ4n) is 2.90. The summed E-state index contributed by atoms with van der Waals surface area (Å²) >= 11 is 6.01. The lowest BCUT2D eigenvalue weighted by atomic mass is 10.1. The molecule has 1 aromatic heterocycles. The average molecular weight is 408 g/mol. The van der Waals surface area contributed by atoms with E-state index < -0.39 is 18.5 Å². The summed E-state index contributed by atoms with van der Waals surface area (Å²) in [5, 5.41) is 10.1. The molecule has 0 fully saturated rings. The molecule has 0 aliphatic rings. The number of fused-ring (bicyclic) bond motifs is 1. The number of para-hydroxylation sites is 1. The van der Waals surface area contributed by atoms with Gasteiger partial charge in [0, 0.05) is 22.6 Å². The quantitative estimate of drug-likeness (QED) is 0.569. The third-order valence-electron chi connectivity index (χ3n) is 4.33. The van der Waals surface area contributed by atoms with Gasteiger partial charge in [0.1, 0.15) is 0 Å². The molecule has 29 heavy (non-hydrogen) atoms. The summed E-state index contributed by atoms with van der Waals surface area (Å²) in [5.41, 5.74) is 2.13. The fraction of sp³-hybridized carbons (Fsp3) is 0.182. The lowest BCUT2D eigenvalue weighted by Crippen LogP contribution is -2.35. The number of anilines is 1. The second kappa shape index (κ2) is 9.18. The van der Waals surface area contributed by atoms with Gasteiger partial charge in [0.15, 0.2) is 6.61 Å². The van der Waals surface area contributed by atoms with E-state index in [1.165, 1.54) is 4.90 Å². The van der Waals surface area contributed by atoms with Crippen molar-refractivity contribution < 1.29 is 14.3 Å². The van der Waals surface area contributed by atoms with Crippen molar-refractivity contribution in [1.29, 1.82) is 5.26 Å². The molecule has 0 radical (unpaired) electrons. The molecule has 0 aliphatic carbocycles. The van der Waals surface area contributed by atoms with Crippen LogP contribution in [0.4, 0.5) is 5.69 Å².